The minimum Gasteiger partial charge on any atom is -0.463 e. The van der Waals surface area contributed by atoms with E-state index in [1.807, 2.05) is 48.9 Å². The molecule has 1 aromatic carbocycles. The molecule has 0 radical (unpaired) electrons. The van der Waals surface area contributed by atoms with Gasteiger partial charge in [0.2, 0.25) is 0 Å². The van der Waals surface area contributed by atoms with E-state index in [0.717, 1.165) is 17.1 Å². The van der Waals surface area contributed by atoms with Crippen LogP contribution < -0.4 is 5.32 Å². The summed E-state index contributed by atoms with van der Waals surface area (Å²) >= 11 is 0. The lowest BCUT2D eigenvalue weighted by molar-refractivity contribution is 0.102. The second kappa shape index (κ2) is 6.36. The third kappa shape index (κ3) is 3.02. The SMILES string of the molecule is Cc1cc(C)n(-c2ccc(NC(=O)c3cc(-c4ccco4)[nH]n3)cc2)n1. The fraction of sp³-hybridized carbons (Fsp3) is 0.105. The highest BCUT2D eigenvalue weighted by atomic mass is 16.3. The third-order valence-corrected chi connectivity index (χ3v) is 3.98. The molecule has 0 saturated carbocycles. The quantitative estimate of drug-likeness (QED) is 0.589. The lowest BCUT2D eigenvalue weighted by Gasteiger charge is -2.07. The van der Waals surface area contributed by atoms with Crippen LogP contribution in [0.3, 0.4) is 0 Å². The van der Waals surface area contributed by atoms with Crippen LogP contribution in [0, 0.1) is 13.8 Å². The van der Waals surface area contributed by atoms with E-state index in [1.165, 1.54) is 0 Å². The number of hydrogen-bond acceptors (Lipinski definition) is 4. The van der Waals surface area contributed by atoms with Gasteiger partial charge in [-0.25, -0.2) is 4.68 Å². The molecule has 0 aliphatic rings. The van der Waals surface area contributed by atoms with E-state index in [0.29, 0.717) is 22.8 Å². The van der Waals surface area contributed by atoms with Crippen molar-refractivity contribution in [2.24, 2.45) is 0 Å². The molecular formula is C19H17N5O2. The van der Waals surface area contributed by atoms with Crippen molar-refractivity contribution in [2.45, 2.75) is 13.8 Å². The molecule has 7 heteroatoms. The summed E-state index contributed by atoms with van der Waals surface area (Å²) in [6, 6.07) is 14.7. The van der Waals surface area contributed by atoms with Crippen LogP contribution in [0.25, 0.3) is 17.1 Å². The van der Waals surface area contributed by atoms with Gasteiger partial charge in [-0.15, -0.1) is 0 Å². The first-order valence-corrected chi connectivity index (χ1v) is 8.14. The van der Waals surface area contributed by atoms with Crippen LogP contribution in [0.2, 0.25) is 0 Å². The predicted octanol–water partition coefficient (Wildman–Crippen LogP) is 3.72. The number of amides is 1. The van der Waals surface area contributed by atoms with Crippen molar-refractivity contribution in [2.75, 3.05) is 5.32 Å². The Labute approximate surface area is 149 Å². The second-order valence-corrected chi connectivity index (χ2v) is 5.98. The fourth-order valence-corrected chi connectivity index (χ4v) is 2.77. The maximum Gasteiger partial charge on any atom is 0.276 e. The molecule has 3 aromatic heterocycles. The van der Waals surface area contributed by atoms with Crippen LogP contribution >= 0.6 is 0 Å². The Morgan fingerprint density at radius 3 is 2.62 bits per heavy atom. The summed E-state index contributed by atoms with van der Waals surface area (Å²) < 4.78 is 7.15. The number of nitrogens with zero attached hydrogens (tertiary/aromatic N) is 3. The average Bonchev–Trinajstić information content (AvgIpc) is 3.35. The summed E-state index contributed by atoms with van der Waals surface area (Å²) in [6.45, 7) is 3.96. The summed E-state index contributed by atoms with van der Waals surface area (Å²) in [6.07, 6.45) is 1.57. The molecule has 26 heavy (non-hydrogen) atoms. The van der Waals surface area contributed by atoms with Crippen molar-refractivity contribution in [1.82, 2.24) is 20.0 Å². The van der Waals surface area contributed by atoms with Crippen molar-refractivity contribution in [3.8, 4) is 17.1 Å². The fourth-order valence-electron chi connectivity index (χ4n) is 2.77. The van der Waals surface area contributed by atoms with Crippen molar-refractivity contribution in [1.29, 1.82) is 0 Å². The first-order valence-electron chi connectivity index (χ1n) is 8.14. The standard InChI is InChI=1S/C19H17N5O2/c1-12-10-13(2)24(23-12)15-7-5-14(6-8-15)20-19(25)17-11-16(21-22-17)18-4-3-9-26-18/h3-11H,1-2H3,(H,20,25)(H,21,22). The molecule has 2 N–H and O–H groups in total. The molecule has 0 bridgehead atoms. The molecule has 0 atom stereocenters. The maximum atomic E-state index is 12.4. The highest BCUT2D eigenvalue weighted by Crippen LogP contribution is 2.19. The van der Waals surface area contributed by atoms with E-state index >= 15 is 0 Å². The monoisotopic (exact) mass is 347 g/mol. The summed E-state index contributed by atoms with van der Waals surface area (Å²) in [4.78, 5) is 12.4. The van der Waals surface area contributed by atoms with Gasteiger partial charge in [0.1, 0.15) is 5.69 Å². The molecule has 0 aliphatic heterocycles. The number of H-pyrrole nitrogens is 1. The van der Waals surface area contributed by atoms with Gasteiger partial charge in [0.15, 0.2) is 11.5 Å². The van der Waals surface area contributed by atoms with Crippen molar-refractivity contribution in [3.63, 3.8) is 0 Å². The Morgan fingerprint density at radius 1 is 1.15 bits per heavy atom. The molecule has 1 amide bonds. The van der Waals surface area contributed by atoms with Crippen LogP contribution in [0.1, 0.15) is 21.9 Å². The minimum atomic E-state index is -0.294. The summed E-state index contributed by atoms with van der Waals surface area (Å²) in [5.74, 6) is 0.337. The molecule has 4 aromatic rings. The first kappa shape index (κ1) is 15.9. The number of anilines is 1. The van der Waals surface area contributed by atoms with Gasteiger partial charge in [-0.1, -0.05) is 0 Å². The molecule has 4 rings (SSSR count). The van der Waals surface area contributed by atoms with Crippen molar-refractivity contribution >= 4 is 11.6 Å². The second-order valence-electron chi connectivity index (χ2n) is 5.98. The topological polar surface area (TPSA) is 88.7 Å². The van der Waals surface area contributed by atoms with Gasteiger partial charge < -0.3 is 9.73 Å². The number of carbonyl (C=O) groups is 1. The molecule has 3 heterocycles. The molecule has 0 fully saturated rings. The van der Waals surface area contributed by atoms with Gasteiger partial charge in [0.25, 0.3) is 5.91 Å². The largest absolute Gasteiger partial charge is 0.463 e. The average molecular weight is 347 g/mol. The number of carbonyl (C=O) groups excluding carboxylic acids is 1. The Bertz CT molecular complexity index is 1040. The van der Waals surface area contributed by atoms with Crippen LogP contribution in [0.5, 0.6) is 0 Å². The Kier molecular flexibility index (Phi) is 3.89. The lowest BCUT2D eigenvalue weighted by Crippen LogP contribution is -2.12. The van der Waals surface area contributed by atoms with E-state index in [4.69, 9.17) is 4.42 Å². The molecule has 0 saturated heterocycles. The van der Waals surface area contributed by atoms with Crippen LogP contribution in [-0.4, -0.2) is 25.9 Å². The van der Waals surface area contributed by atoms with E-state index in [1.54, 1.807) is 24.5 Å². The van der Waals surface area contributed by atoms with E-state index in [2.05, 4.69) is 20.6 Å². The Hall–Kier alpha value is -3.61. The van der Waals surface area contributed by atoms with Crippen LogP contribution in [0.15, 0.2) is 59.2 Å². The zero-order valence-electron chi connectivity index (χ0n) is 14.4. The van der Waals surface area contributed by atoms with Gasteiger partial charge in [-0.05, 0) is 56.3 Å². The highest BCUT2D eigenvalue weighted by molar-refractivity contribution is 6.03. The van der Waals surface area contributed by atoms with E-state index < -0.39 is 0 Å². The number of nitrogens with one attached hydrogen (secondary N) is 2. The highest BCUT2D eigenvalue weighted by Gasteiger charge is 2.13. The molecule has 0 spiro atoms. The van der Waals surface area contributed by atoms with Gasteiger partial charge in [0.05, 0.1) is 17.6 Å². The number of aromatic amines is 1. The normalized spacial score (nSPS) is 10.8. The van der Waals surface area contributed by atoms with Gasteiger partial charge in [0, 0.05) is 17.4 Å². The van der Waals surface area contributed by atoms with E-state index in [-0.39, 0.29) is 5.91 Å². The molecule has 7 nitrogen and oxygen atoms in total. The van der Waals surface area contributed by atoms with Crippen LogP contribution in [0.4, 0.5) is 5.69 Å². The number of hydrogen-bond donors (Lipinski definition) is 2. The van der Waals surface area contributed by atoms with Gasteiger partial charge >= 0.3 is 0 Å². The number of benzene rings is 1. The smallest absolute Gasteiger partial charge is 0.276 e. The van der Waals surface area contributed by atoms with Crippen molar-refractivity contribution < 1.29 is 9.21 Å². The van der Waals surface area contributed by atoms with Gasteiger partial charge in [-0.3, -0.25) is 9.89 Å². The number of aryl methyl sites for hydroxylation is 2. The van der Waals surface area contributed by atoms with Crippen LogP contribution in [-0.2, 0) is 0 Å². The van der Waals surface area contributed by atoms with Crippen molar-refractivity contribution in [3.05, 3.63) is 71.9 Å². The number of aromatic nitrogens is 4. The molecule has 0 unspecified atom stereocenters. The Balaban J connectivity index is 1.49. The summed E-state index contributed by atoms with van der Waals surface area (Å²) in [5.41, 5.74) is 4.59. The molecule has 130 valence electrons. The number of furan rings is 1. The predicted molar refractivity (Wildman–Crippen MR) is 97.3 cm³/mol. The minimum absolute atomic E-state index is 0.291. The molecular weight excluding hydrogens is 330 g/mol. The zero-order chi connectivity index (χ0) is 18.1. The van der Waals surface area contributed by atoms with E-state index in [9.17, 15) is 4.79 Å². The van der Waals surface area contributed by atoms with Gasteiger partial charge in [-0.2, -0.15) is 10.2 Å². The summed E-state index contributed by atoms with van der Waals surface area (Å²) in [7, 11) is 0. The zero-order valence-corrected chi connectivity index (χ0v) is 14.4. The first-order chi connectivity index (χ1) is 12.6. The molecule has 0 aliphatic carbocycles. The number of rotatable bonds is 4. The maximum absolute atomic E-state index is 12.4. The summed E-state index contributed by atoms with van der Waals surface area (Å²) in [5, 5.41) is 14.1. The third-order valence-electron chi connectivity index (χ3n) is 3.98. The Morgan fingerprint density at radius 2 is 1.96 bits per heavy atom. The lowest BCUT2D eigenvalue weighted by atomic mass is 10.2.